The zero-order valence-corrected chi connectivity index (χ0v) is 9.96. The lowest BCUT2D eigenvalue weighted by Crippen LogP contribution is -2.36. The lowest BCUT2D eigenvalue weighted by atomic mass is 9.91. The molecule has 0 aromatic heterocycles. The summed E-state index contributed by atoms with van der Waals surface area (Å²) in [6.07, 6.45) is 1.28. The SMILES string of the molecule is CCc1cc(N)c2c(c1)C(=O)CC(C)(C)O2. The number of fused-ring (bicyclic) bond motifs is 1. The molecular formula is C13H17NO2. The van der Waals surface area contributed by atoms with E-state index in [-0.39, 0.29) is 5.78 Å². The van der Waals surface area contributed by atoms with Gasteiger partial charge in [-0.05, 0) is 38.0 Å². The number of nitrogen functional groups attached to an aromatic ring is 1. The van der Waals surface area contributed by atoms with Crippen LogP contribution in [0.5, 0.6) is 5.75 Å². The van der Waals surface area contributed by atoms with Crippen LogP contribution in [0.3, 0.4) is 0 Å². The standard InChI is InChI=1S/C13H17NO2/c1-4-8-5-9-11(15)7-13(2,3)16-12(9)10(14)6-8/h5-6H,4,7,14H2,1-3H3. The molecule has 0 spiro atoms. The Labute approximate surface area is 95.6 Å². The van der Waals surface area contributed by atoms with Crippen LogP contribution in [0.4, 0.5) is 5.69 Å². The maximum atomic E-state index is 12.0. The van der Waals surface area contributed by atoms with Crippen molar-refractivity contribution >= 4 is 11.5 Å². The Morgan fingerprint density at radius 2 is 2.12 bits per heavy atom. The van der Waals surface area contributed by atoms with Gasteiger partial charge in [-0.25, -0.2) is 0 Å². The molecule has 0 bridgehead atoms. The highest BCUT2D eigenvalue weighted by Gasteiger charge is 2.33. The van der Waals surface area contributed by atoms with Gasteiger partial charge in [-0.1, -0.05) is 6.92 Å². The molecule has 16 heavy (non-hydrogen) atoms. The normalized spacial score (nSPS) is 17.8. The van der Waals surface area contributed by atoms with Crippen LogP contribution in [0.2, 0.25) is 0 Å². The first kappa shape index (κ1) is 11.0. The van der Waals surface area contributed by atoms with Crippen LogP contribution in [0.15, 0.2) is 12.1 Å². The van der Waals surface area contributed by atoms with E-state index in [9.17, 15) is 4.79 Å². The van der Waals surface area contributed by atoms with Crippen molar-refractivity contribution in [1.29, 1.82) is 0 Å². The molecule has 2 N–H and O–H groups in total. The van der Waals surface area contributed by atoms with Crippen molar-refractivity contribution in [3.63, 3.8) is 0 Å². The second kappa shape index (κ2) is 3.51. The van der Waals surface area contributed by atoms with Gasteiger partial charge in [0.25, 0.3) is 0 Å². The smallest absolute Gasteiger partial charge is 0.170 e. The Morgan fingerprint density at radius 3 is 2.75 bits per heavy atom. The van der Waals surface area contributed by atoms with Crippen LogP contribution in [-0.2, 0) is 6.42 Å². The number of carbonyl (C=O) groups excluding carboxylic acids is 1. The van der Waals surface area contributed by atoms with Crippen LogP contribution in [0, 0.1) is 0 Å². The fourth-order valence-electron chi connectivity index (χ4n) is 2.03. The van der Waals surface area contributed by atoms with Crippen LogP contribution in [-0.4, -0.2) is 11.4 Å². The number of nitrogens with two attached hydrogens (primary N) is 1. The Balaban J connectivity index is 2.56. The molecular weight excluding hydrogens is 202 g/mol. The highest BCUT2D eigenvalue weighted by Crippen LogP contribution is 2.38. The molecule has 1 aromatic rings. The van der Waals surface area contributed by atoms with Crippen molar-refractivity contribution in [2.45, 2.75) is 39.2 Å². The maximum absolute atomic E-state index is 12.0. The summed E-state index contributed by atoms with van der Waals surface area (Å²) in [5, 5.41) is 0. The van der Waals surface area contributed by atoms with E-state index in [0.29, 0.717) is 23.4 Å². The summed E-state index contributed by atoms with van der Waals surface area (Å²) in [6.45, 7) is 5.85. The van der Waals surface area contributed by atoms with E-state index in [4.69, 9.17) is 10.5 Å². The number of hydrogen-bond donors (Lipinski definition) is 1. The number of ether oxygens (including phenoxy) is 1. The second-order valence-electron chi connectivity index (χ2n) is 4.88. The third kappa shape index (κ3) is 1.77. The van der Waals surface area contributed by atoms with Gasteiger partial charge in [0.05, 0.1) is 17.7 Å². The Morgan fingerprint density at radius 1 is 1.44 bits per heavy atom. The zero-order valence-electron chi connectivity index (χ0n) is 9.96. The Bertz CT molecular complexity index is 449. The van der Waals surface area contributed by atoms with Gasteiger partial charge >= 0.3 is 0 Å². The fraction of sp³-hybridized carbons (Fsp3) is 0.462. The molecule has 0 atom stereocenters. The quantitative estimate of drug-likeness (QED) is 0.738. The van der Waals surface area contributed by atoms with E-state index >= 15 is 0 Å². The van der Waals surface area contributed by atoms with E-state index in [1.165, 1.54) is 0 Å². The minimum atomic E-state index is -0.452. The molecule has 0 saturated heterocycles. The third-order valence-corrected chi connectivity index (χ3v) is 2.85. The topological polar surface area (TPSA) is 52.3 Å². The number of anilines is 1. The Hall–Kier alpha value is -1.51. The van der Waals surface area contributed by atoms with Gasteiger partial charge in [0.1, 0.15) is 5.60 Å². The molecule has 1 aliphatic rings. The minimum Gasteiger partial charge on any atom is -0.484 e. The van der Waals surface area contributed by atoms with Gasteiger partial charge in [0.2, 0.25) is 0 Å². The summed E-state index contributed by atoms with van der Waals surface area (Å²) in [5.74, 6) is 0.673. The van der Waals surface area contributed by atoms with Crippen molar-refractivity contribution < 1.29 is 9.53 Å². The number of rotatable bonds is 1. The average Bonchev–Trinajstić information content (AvgIpc) is 2.18. The van der Waals surface area contributed by atoms with E-state index in [1.807, 2.05) is 32.9 Å². The van der Waals surface area contributed by atoms with Gasteiger partial charge in [-0.3, -0.25) is 4.79 Å². The molecule has 3 nitrogen and oxygen atoms in total. The van der Waals surface area contributed by atoms with E-state index in [1.54, 1.807) is 0 Å². The number of carbonyl (C=O) groups is 1. The Kier molecular flexibility index (Phi) is 2.41. The number of aryl methyl sites for hydroxylation is 1. The number of ketones is 1. The monoisotopic (exact) mass is 219 g/mol. The van der Waals surface area contributed by atoms with Gasteiger partial charge in [-0.2, -0.15) is 0 Å². The first-order valence-electron chi connectivity index (χ1n) is 5.57. The molecule has 86 valence electrons. The lowest BCUT2D eigenvalue weighted by molar-refractivity contribution is 0.0624. The maximum Gasteiger partial charge on any atom is 0.170 e. The molecule has 0 aliphatic carbocycles. The average molecular weight is 219 g/mol. The highest BCUT2D eigenvalue weighted by atomic mass is 16.5. The van der Waals surface area contributed by atoms with Crippen molar-refractivity contribution in [3.8, 4) is 5.75 Å². The molecule has 0 unspecified atom stereocenters. The molecule has 0 saturated carbocycles. The lowest BCUT2D eigenvalue weighted by Gasteiger charge is -2.32. The van der Waals surface area contributed by atoms with Gasteiger partial charge < -0.3 is 10.5 Å². The number of hydrogen-bond acceptors (Lipinski definition) is 3. The largest absolute Gasteiger partial charge is 0.484 e. The minimum absolute atomic E-state index is 0.119. The molecule has 1 aliphatic heterocycles. The van der Waals surface area contributed by atoms with Crippen LogP contribution < -0.4 is 10.5 Å². The molecule has 0 amide bonds. The molecule has 0 radical (unpaired) electrons. The molecule has 1 aromatic carbocycles. The number of Topliss-reactive ketones (excluding diaryl/α,β-unsaturated/α-hetero) is 1. The summed E-state index contributed by atoms with van der Waals surface area (Å²) < 4.78 is 5.77. The highest BCUT2D eigenvalue weighted by molar-refractivity contribution is 6.02. The van der Waals surface area contributed by atoms with Crippen molar-refractivity contribution in [1.82, 2.24) is 0 Å². The van der Waals surface area contributed by atoms with Gasteiger partial charge in [0, 0.05) is 0 Å². The van der Waals surface area contributed by atoms with Gasteiger partial charge in [-0.15, -0.1) is 0 Å². The molecule has 1 heterocycles. The van der Waals surface area contributed by atoms with E-state index < -0.39 is 5.60 Å². The summed E-state index contributed by atoms with van der Waals surface area (Å²) in [6, 6.07) is 3.77. The van der Waals surface area contributed by atoms with Crippen LogP contribution >= 0.6 is 0 Å². The van der Waals surface area contributed by atoms with Crippen LogP contribution in [0.1, 0.15) is 43.1 Å². The third-order valence-electron chi connectivity index (χ3n) is 2.85. The molecule has 2 rings (SSSR count). The van der Waals surface area contributed by atoms with Crippen molar-refractivity contribution in [2.24, 2.45) is 0 Å². The summed E-state index contributed by atoms with van der Waals surface area (Å²) in [7, 11) is 0. The summed E-state index contributed by atoms with van der Waals surface area (Å²) in [5.41, 5.74) is 7.75. The first-order chi connectivity index (χ1) is 7.43. The number of benzene rings is 1. The van der Waals surface area contributed by atoms with Crippen LogP contribution in [0.25, 0.3) is 0 Å². The summed E-state index contributed by atoms with van der Waals surface area (Å²) in [4.78, 5) is 12.0. The first-order valence-corrected chi connectivity index (χ1v) is 5.57. The van der Waals surface area contributed by atoms with E-state index in [0.717, 1.165) is 12.0 Å². The summed E-state index contributed by atoms with van der Waals surface area (Å²) >= 11 is 0. The predicted octanol–water partition coefficient (Wildman–Crippen LogP) is 2.58. The van der Waals surface area contributed by atoms with E-state index in [2.05, 4.69) is 0 Å². The van der Waals surface area contributed by atoms with Gasteiger partial charge in [0.15, 0.2) is 11.5 Å². The molecule has 3 heteroatoms. The fourth-order valence-corrected chi connectivity index (χ4v) is 2.03. The zero-order chi connectivity index (χ0) is 11.9. The predicted molar refractivity (Wildman–Crippen MR) is 63.9 cm³/mol. The van der Waals surface area contributed by atoms with Crippen molar-refractivity contribution in [2.75, 3.05) is 5.73 Å². The molecule has 0 fully saturated rings. The van der Waals surface area contributed by atoms with Crippen molar-refractivity contribution in [3.05, 3.63) is 23.3 Å². The second-order valence-corrected chi connectivity index (χ2v) is 4.88.